The van der Waals surface area contributed by atoms with E-state index in [1.165, 1.54) is 5.56 Å². The molecule has 0 amide bonds. The highest BCUT2D eigenvalue weighted by molar-refractivity contribution is 5.79. The van der Waals surface area contributed by atoms with E-state index < -0.39 is 0 Å². The summed E-state index contributed by atoms with van der Waals surface area (Å²) in [7, 11) is 0. The van der Waals surface area contributed by atoms with E-state index in [0.717, 1.165) is 76.4 Å². The van der Waals surface area contributed by atoms with E-state index in [1.54, 1.807) is 0 Å². The Morgan fingerprint density at radius 2 is 1.82 bits per heavy atom. The lowest BCUT2D eigenvalue weighted by Crippen LogP contribution is -2.40. The molecule has 1 saturated heterocycles. The van der Waals surface area contributed by atoms with Crippen LogP contribution in [-0.4, -0.2) is 76.6 Å². The lowest BCUT2D eigenvalue weighted by atomic mass is 10.1. The van der Waals surface area contributed by atoms with Crippen molar-refractivity contribution in [3.63, 3.8) is 0 Å². The van der Waals surface area contributed by atoms with Gasteiger partial charge in [-0.2, -0.15) is 0 Å². The Hall–Kier alpha value is -1.99. The number of nitrogens with one attached hydrogen (secondary N) is 2. The summed E-state index contributed by atoms with van der Waals surface area (Å²) in [5.41, 5.74) is 1.21. The zero-order valence-electron chi connectivity index (χ0n) is 17.6. The standard InChI is InChI=1S/C21H36N4O3/c1-4-22-21(24-11-12-25-13-15-26-16-14-25)23-10-9-18-7-8-19(27-5-2)20(17-18)28-6-3/h7-8,17H,4-6,9-16H2,1-3H3,(H2,22,23,24). The highest BCUT2D eigenvalue weighted by Gasteiger charge is 2.09. The van der Waals surface area contributed by atoms with E-state index in [4.69, 9.17) is 19.2 Å². The second-order valence-electron chi connectivity index (χ2n) is 6.54. The maximum absolute atomic E-state index is 5.71. The Morgan fingerprint density at radius 1 is 1.07 bits per heavy atom. The van der Waals surface area contributed by atoms with Gasteiger partial charge < -0.3 is 24.8 Å². The average Bonchev–Trinajstić information content (AvgIpc) is 2.71. The Morgan fingerprint density at radius 3 is 2.54 bits per heavy atom. The molecular weight excluding hydrogens is 356 g/mol. The highest BCUT2D eigenvalue weighted by Crippen LogP contribution is 2.28. The minimum atomic E-state index is 0.627. The number of morpholine rings is 1. The van der Waals surface area contributed by atoms with Crippen molar-refractivity contribution in [1.82, 2.24) is 15.5 Å². The fraction of sp³-hybridized carbons (Fsp3) is 0.667. The van der Waals surface area contributed by atoms with Crippen LogP contribution in [0, 0.1) is 0 Å². The van der Waals surface area contributed by atoms with E-state index in [-0.39, 0.29) is 0 Å². The molecule has 0 unspecified atom stereocenters. The van der Waals surface area contributed by atoms with Crippen LogP contribution in [0.25, 0.3) is 0 Å². The summed E-state index contributed by atoms with van der Waals surface area (Å²) in [6.45, 7) is 14.4. The molecule has 1 aliphatic rings. The lowest BCUT2D eigenvalue weighted by molar-refractivity contribution is 0.0394. The molecule has 0 radical (unpaired) electrons. The molecule has 1 fully saturated rings. The number of hydrogen-bond donors (Lipinski definition) is 2. The number of rotatable bonds is 11. The monoisotopic (exact) mass is 392 g/mol. The van der Waals surface area contributed by atoms with E-state index in [2.05, 4.69) is 34.6 Å². The molecule has 7 heteroatoms. The second-order valence-corrected chi connectivity index (χ2v) is 6.54. The Labute approximate surface area is 169 Å². The molecule has 7 nitrogen and oxygen atoms in total. The molecule has 2 N–H and O–H groups in total. The molecule has 0 aliphatic carbocycles. The minimum absolute atomic E-state index is 0.627. The van der Waals surface area contributed by atoms with Gasteiger partial charge in [0.1, 0.15) is 0 Å². The minimum Gasteiger partial charge on any atom is -0.490 e. The number of benzene rings is 1. The van der Waals surface area contributed by atoms with Crippen molar-refractivity contribution in [3.05, 3.63) is 23.8 Å². The molecule has 1 heterocycles. The van der Waals surface area contributed by atoms with Crippen molar-refractivity contribution >= 4 is 5.96 Å². The lowest BCUT2D eigenvalue weighted by Gasteiger charge is -2.25. The van der Waals surface area contributed by atoms with Crippen molar-refractivity contribution in [1.29, 1.82) is 0 Å². The largest absolute Gasteiger partial charge is 0.490 e. The van der Waals surface area contributed by atoms with Crippen LogP contribution in [0.15, 0.2) is 23.2 Å². The van der Waals surface area contributed by atoms with Crippen LogP contribution in [0.4, 0.5) is 0 Å². The molecule has 2 rings (SSSR count). The van der Waals surface area contributed by atoms with Gasteiger partial charge in [-0.25, -0.2) is 0 Å². The molecule has 158 valence electrons. The summed E-state index contributed by atoms with van der Waals surface area (Å²) in [6.07, 6.45) is 0.889. The maximum atomic E-state index is 5.71. The van der Waals surface area contributed by atoms with Crippen LogP contribution < -0.4 is 20.1 Å². The average molecular weight is 393 g/mol. The van der Waals surface area contributed by atoms with Crippen LogP contribution in [-0.2, 0) is 11.2 Å². The predicted octanol–water partition coefficient (Wildman–Crippen LogP) is 1.91. The number of ether oxygens (including phenoxy) is 3. The van der Waals surface area contributed by atoms with Crippen molar-refractivity contribution in [2.24, 2.45) is 4.99 Å². The van der Waals surface area contributed by atoms with Gasteiger partial charge in [0.15, 0.2) is 17.5 Å². The predicted molar refractivity (Wildman–Crippen MR) is 114 cm³/mol. The first kappa shape index (κ1) is 22.3. The topological polar surface area (TPSA) is 67.4 Å². The Balaban J connectivity index is 1.82. The van der Waals surface area contributed by atoms with Gasteiger partial charge in [-0.1, -0.05) is 6.07 Å². The summed E-state index contributed by atoms with van der Waals surface area (Å²) in [6, 6.07) is 6.15. The van der Waals surface area contributed by atoms with Crippen LogP contribution >= 0.6 is 0 Å². The van der Waals surface area contributed by atoms with Gasteiger partial charge in [0.2, 0.25) is 0 Å². The fourth-order valence-corrected chi connectivity index (χ4v) is 3.05. The third-order valence-electron chi connectivity index (χ3n) is 4.45. The molecular formula is C21H36N4O3. The molecule has 0 spiro atoms. The Kier molecular flexibility index (Phi) is 10.5. The van der Waals surface area contributed by atoms with Crippen LogP contribution in [0.1, 0.15) is 26.3 Å². The van der Waals surface area contributed by atoms with Crippen molar-refractivity contribution in [2.45, 2.75) is 27.2 Å². The first-order chi connectivity index (χ1) is 13.8. The van der Waals surface area contributed by atoms with E-state index in [0.29, 0.717) is 13.2 Å². The van der Waals surface area contributed by atoms with Crippen LogP contribution in [0.2, 0.25) is 0 Å². The molecule has 0 bridgehead atoms. The van der Waals surface area contributed by atoms with Gasteiger partial charge in [-0.05, 0) is 44.9 Å². The second kappa shape index (κ2) is 13.2. The van der Waals surface area contributed by atoms with Crippen LogP contribution in [0.5, 0.6) is 11.5 Å². The quantitative estimate of drug-likeness (QED) is 0.443. The van der Waals surface area contributed by atoms with Gasteiger partial charge in [0, 0.05) is 32.7 Å². The van der Waals surface area contributed by atoms with E-state index in [9.17, 15) is 0 Å². The first-order valence-corrected chi connectivity index (χ1v) is 10.5. The van der Waals surface area contributed by atoms with E-state index in [1.807, 2.05) is 19.9 Å². The van der Waals surface area contributed by atoms with Gasteiger partial charge in [0.25, 0.3) is 0 Å². The number of nitrogens with zero attached hydrogens (tertiary/aromatic N) is 2. The summed E-state index contributed by atoms with van der Waals surface area (Å²) < 4.78 is 16.7. The smallest absolute Gasteiger partial charge is 0.191 e. The van der Waals surface area contributed by atoms with Crippen LogP contribution in [0.3, 0.4) is 0 Å². The summed E-state index contributed by atoms with van der Waals surface area (Å²) in [4.78, 5) is 7.09. The summed E-state index contributed by atoms with van der Waals surface area (Å²) >= 11 is 0. The van der Waals surface area contributed by atoms with Gasteiger partial charge >= 0.3 is 0 Å². The molecule has 1 aromatic carbocycles. The van der Waals surface area contributed by atoms with Gasteiger partial charge in [0.05, 0.1) is 33.0 Å². The highest BCUT2D eigenvalue weighted by atomic mass is 16.5. The summed E-state index contributed by atoms with van der Waals surface area (Å²) in [5.74, 6) is 2.48. The van der Waals surface area contributed by atoms with Crippen molar-refractivity contribution < 1.29 is 14.2 Å². The van der Waals surface area contributed by atoms with Crippen molar-refractivity contribution in [3.8, 4) is 11.5 Å². The normalized spacial score (nSPS) is 15.3. The molecule has 0 aromatic heterocycles. The Bertz CT molecular complexity index is 589. The summed E-state index contributed by atoms with van der Waals surface area (Å²) in [5, 5.41) is 6.74. The molecule has 1 aromatic rings. The molecule has 0 atom stereocenters. The SMILES string of the molecule is CCNC(=NCCN1CCOCC1)NCCc1ccc(OCC)c(OCC)c1. The molecule has 28 heavy (non-hydrogen) atoms. The number of aliphatic imine (C=N–C) groups is 1. The zero-order chi connectivity index (χ0) is 20.0. The van der Waals surface area contributed by atoms with E-state index >= 15 is 0 Å². The molecule has 1 aliphatic heterocycles. The van der Waals surface area contributed by atoms with Gasteiger partial charge in [-0.15, -0.1) is 0 Å². The number of hydrogen-bond acceptors (Lipinski definition) is 5. The third kappa shape index (κ3) is 7.94. The number of guanidine groups is 1. The maximum Gasteiger partial charge on any atom is 0.191 e. The first-order valence-electron chi connectivity index (χ1n) is 10.5. The fourth-order valence-electron chi connectivity index (χ4n) is 3.05. The third-order valence-corrected chi connectivity index (χ3v) is 4.45. The van der Waals surface area contributed by atoms with Gasteiger partial charge in [-0.3, -0.25) is 9.89 Å². The van der Waals surface area contributed by atoms with Crippen molar-refractivity contribution in [2.75, 3.05) is 65.7 Å². The zero-order valence-corrected chi connectivity index (χ0v) is 17.6. The molecule has 0 saturated carbocycles.